The van der Waals surface area contributed by atoms with E-state index < -0.39 is 5.92 Å². The van der Waals surface area contributed by atoms with E-state index in [2.05, 4.69) is 27.4 Å². The highest BCUT2D eigenvalue weighted by Gasteiger charge is 2.35. The summed E-state index contributed by atoms with van der Waals surface area (Å²) in [4.78, 5) is 30.5. The minimum Gasteiger partial charge on any atom is -0.314 e. The van der Waals surface area contributed by atoms with Gasteiger partial charge in [-0.2, -0.15) is 4.99 Å². The van der Waals surface area contributed by atoms with Gasteiger partial charge in [0.2, 0.25) is 5.91 Å². The Labute approximate surface area is 120 Å². The van der Waals surface area contributed by atoms with E-state index in [0.717, 1.165) is 39.0 Å². The van der Waals surface area contributed by atoms with Gasteiger partial charge < -0.3 is 10.6 Å². The van der Waals surface area contributed by atoms with Gasteiger partial charge >= 0.3 is 0 Å². The summed E-state index contributed by atoms with van der Waals surface area (Å²) in [5.74, 6) is -0.518. The molecule has 0 aromatic carbocycles. The lowest BCUT2D eigenvalue weighted by atomic mass is 9.99. The largest absolute Gasteiger partial charge is 0.314 e. The first-order valence-corrected chi connectivity index (χ1v) is 7.55. The molecule has 2 rings (SSSR count). The van der Waals surface area contributed by atoms with Crippen molar-refractivity contribution in [1.82, 2.24) is 15.5 Å². The second kappa shape index (κ2) is 6.95. The molecule has 0 aromatic rings. The molecule has 20 heavy (non-hydrogen) atoms. The predicted molar refractivity (Wildman–Crippen MR) is 77.5 cm³/mol. The van der Waals surface area contributed by atoms with Crippen LogP contribution in [0.15, 0.2) is 4.99 Å². The van der Waals surface area contributed by atoms with Gasteiger partial charge in [0.15, 0.2) is 0 Å². The summed E-state index contributed by atoms with van der Waals surface area (Å²) >= 11 is 0. The van der Waals surface area contributed by atoms with Crippen molar-refractivity contribution >= 4 is 17.6 Å². The Bertz CT molecular complexity index is 402. The minimum atomic E-state index is -0.593. The molecule has 0 radical (unpaired) electrons. The van der Waals surface area contributed by atoms with Gasteiger partial charge in [0, 0.05) is 26.2 Å². The zero-order valence-electron chi connectivity index (χ0n) is 12.3. The topological polar surface area (TPSA) is 73.8 Å². The van der Waals surface area contributed by atoms with Crippen molar-refractivity contribution in [3.05, 3.63) is 0 Å². The van der Waals surface area contributed by atoms with Crippen LogP contribution in [-0.2, 0) is 9.59 Å². The highest BCUT2D eigenvalue weighted by atomic mass is 16.2. The zero-order valence-corrected chi connectivity index (χ0v) is 12.3. The molecular weight excluding hydrogens is 256 g/mol. The van der Waals surface area contributed by atoms with Gasteiger partial charge in [-0.3, -0.25) is 14.5 Å². The van der Waals surface area contributed by atoms with Crippen molar-refractivity contribution in [1.29, 1.82) is 0 Å². The van der Waals surface area contributed by atoms with Gasteiger partial charge in [-0.25, -0.2) is 0 Å². The summed E-state index contributed by atoms with van der Waals surface area (Å²) < 4.78 is 0. The number of amidine groups is 1. The molecule has 2 atom stereocenters. The number of hydrogen-bond donors (Lipinski definition) is 2. The summed E-state index contributed by atoms with van der Waals surface area (Å²) in [7, 11) is 0. The van der Waals surface area contributed by atoms with Gasteiger partial charge in [-0.1, -0.05) is 20.3 Å². The van der Waals surface area contributed by atoms with E-state index >= 15 is 0 Å². The van der Waals surface area contributed by atoms with Gasteiger partial charge in [0.05, 0.1) is 6.04 Å². The summed E-state index contributed by atoms with van der Waals surface area (Å²) in [6.07, 6.45) is 2.22. The van der Waals surface area contributed by atoms with Crippen molar-refractivity contribution in [3.8, 4) is 0 Å². The Kier molecular flexibility index (Phi) is 5.25. The van der Waals surface area contributed by atoms with Crippen LogP contribution in [0.2, 0.25) is 0 Å². The van der Waals surface area contributed by atoms with Crippen molar-refractivity contribution < 1.29 is 9.59 Å². The van der Waals surface area contributed by atoms with Crippen LogP contribution in [0.1, 0.15) is 33.1 Å². The maximum atomic E-state index is 12.1. The van der Waals surface area contributed by atoms with E-state index in [1.807, 2.05) is 6.92 Å². The third-order valence-corrected chi connectivity index (χ3v) is 3.97. The SMILES string of the molecule is CCCC1C(=O)N=C(C(CC)N2CCNCC2)NC1=O. The Morgan fingerprint density at radius 2 is 2.00 bits per heavy atom. The first-order chi connectivity index (χ1) is 9.67. The van der Waals surface area contributed by atoms with Crippen LogP contribution in [-0.4, -0.2) is 54.8 Å². The predicted octanol–water partition coefficient (Wildman–Crippen LogP) is 0.141. The van der Waals surface area contributed by atoms with Crippen LogP contribution < -0.4 is 10.6 Å². The molecule has 6 heteroatoms. The molecule has 2 N–H and O–H groups in total. The molecule has 1 fully saturated rings. The zero-order chi connectivity index (χ0) is 14.5. The fourth-order valence-corrected chi connectivity index (χ4v) is 2.87. The van der Waals surface area contributed by atoms with E-state index in [1.54, 1.807) is 0 Å². The molecule has 0 saturated carbocycles. The Hall–Kier alpha value is -1.27. The normalized spacial score (nSPS) is 26.1. The lowest BCUT2D eigenvalue weighted by Crippen LogP contribution is -2.57. The second-order valence-corrected chi connectivity index (χ2v) is 5.38. The van der Waals surface area contributed by atoms with Crippen molar-refractivity contribution in [3.63, 3.8) is 0 Å². The smallest absolute Gasteiger partial charge is 0.259 e. The molecule has 0 aliphatic carbocycles. The highest BCUT2D eigenvalue weighted by molar-refractivity contribution is 6.17. The van der Waals surface area contributed by atoms with Gasteiger partial charge in [0.25, 0.3) is 5.91 Å². The van der Waals surface area contributed by atoms with E-state index in [9.17, 15) is 9.59 Å². The minimum absolute atomic E-state index is 0.0348. The maximum Gasteiger partial charge on any atom is 0.259 e. The van der Waals surface area contributed by atoms with Crippen LogP contribution in [0.3, 0.4) is 0 Å². The fraction of sp³-hybridized carbons (Fsp3) is 0.786. The van der Waals surface area contributed by atoms with Crippen LogP contribution in [0, 0.1) is 5.92 Å². The van der Waals surface area contributed by atoms with E-state index in [0.29, 0.717) is 12.3 Å². The van der Waals surface area contributed by atoms with Crippen LogP contribution in [0.25, 0.3) is 0 Å². The summed E-state index contributed by atoms with van der Waals surface area (Å²) in [6, 6.07) is 0.0348. The molecule has 2 heterocycles. The maximum absolute atomic E-state index is 12.1. The van der Waals surface area contributed by atoms with Gasteiger partial charge in [0.1, 0.15) is 11.8 Å². The molecule has 6 nitrogen and oxygen atoms in total. The van der Waals surface area contributed by atoms with Crippen LogP contribution >= 0.6 is 0 Å². The first-order valence-electron chi connectivity index (χ1n) is 7.55. The van der Waals surface area contributed by atoms with Gasteiger partial charge in [-0.15, -0.1) is 0 Å². The Balaban J connectivity index is 2.12. The highest BCUT2D eigenvalue weighted by Crippen LogP contribution is 2.16. The molecule has 112 valence electrons. The van der Waals surface area contributed by atoms with Crippen molar-refractivity contribution in [2.24, 2.45) is 10.9 Å². The summed E-state index contributed by atoms with van der Waals surface area (Å²) in [5, 5.41) is 6.16. The molecule has 0 bridgehead atoms. The third kappa shape index (κ3) is 3.24. The quantitative estimate of drug-likeness (QED) is 0.703. The number of rotatable bonds is 5. The molecule has 2 aliphatic rings. The number of carbonyl (C=O) groups is 2. The lowest BCUT2D eigenvalue weighted by Gasteiger charge is -2.36. The van der Waals surface area contributed by atoms with E-state index in [4.69, 9.17) is 0 Å². The fourth-order valence-electron chi connectivity index (χ4n) is 2.87. The average molecular weight is 280 g/mol. The van der Waals surface area contributed by atoms with Gasteiger partial charge in [-0.05, 0) is 12.8 Å². The Morgan fingerprint density at radius 1 is 1.30 bits per heavy atom. The van der Waals surface area contributed by atoms with Crippen molar-refractivity contribution in [2.45, 2.75) is 39.2 Å². The Morgan fingerprint density at radius 3 is 2.55 bits per heavy atom. The average Bonchev–Trinajstić information content (AvgIpc) is 2.45. The molecule has 1 saturated heterocycles. The number of carbonyl (C=O) groups excluding carboxylic acids is 2. The number of nitrogens with zero attached hydrogens (tertiary/aromatic N) is 2. The van der Waals surface area contributed by atoms with E-state index in [1.165, 1.54) is 0 Å². The first kappa shape index (κ1) is 15.1. The molecule has 2 aliphatic heterocycles. The molecule has 2 amide bonds. The molecule has 2 unspecified atom stereocenters. The molecule has 0 spiro atoms. The molecular formula is C14H24N4O2. The standard InChI is InChI=1S/C14H24N4O2/c1-3-5-10-13(19)16-12(17-14(10)20)11(4-2)18-8-6-15-7-9-18/h10-11,15H,3-9H2,1-2H3,(H,16,17,19,20). The monoisotopic (exact) mass is 280 g/mol. The third-order valence-electron chi connectivity index (χ3n) is 3.97. The van der Waals surface area contributed by atoms with Crippen LogP contribution in [0.4, 0.5) is 0 Å². The number of nitrogens with one attached hydrogen (secondary N) is 2. The summed E-state index contributed by atoms with van der Waals surface area (Å²) in [6.45, 7) is 7.73. The van der Waals surface area contributed by atoms with Crippen molar-refractivity contribution in [2.75, 3.05) is 26.2 Å². The summed E-state index contributed by atoms with van der Waals surface area (Å²) in [5.41, 5.74) is 0. The van der Waals surface area contributed by atoms with E-state index in [-0.39, 0.29) is 17.9 Å². The number of amides is 2. The molecule has 0 aromatic heterocycles. The van der Waals surface area contributed by atoms with Crippen LogP contribution in [0.5, 0.6) is 0 Å². The number of piperazine rings is 1. The lowest BCUT2D eigenvalue weighted by molar-refractivity contribution is -0.133. The number of aliphatic imine (C=N–C) groups is 1. The number of hydrogen-bond acceptors (Lipinski definition) is 4. The second-order valence-electron chi connectivity index (χ2n) is 5.38.